The van der Waals surface area contributed by atoms with Crippen molar-refractivity contribution in [3.63, 3.8) is 0 Å². The van der Waals surface area contributed by atoms with Crippen LogP contribution in [-0.4, -0.2) is 27.7 Å². The fraction of sp³-hybridized carbons (Fsp3) is 0.208. The Morgan fingerprint density at radius 1 is 0.968 bits per heavy atom. The van der Waals surface area contributed by atoms with Crippen LogP contribution < -0.4 is 14.4 Å². The monoisotopic (exact) mass is 438 g/mol. The maximum absolute atomic E-state index is 12.5. The molecule has 1 N–H and O–H groups in total. The van der Waals surface area contributed by atoms with Gasteiger partial charge in [0.1, 0.15) is 5.75 Å². The molecule has 1 amide bonds. The molecule has 0 fully saturated rings. The number of nitrogens with one attached hydrogen (secondary N) is 1. The number of carbonyl (C=O) groups excluding carboxylic acids is 1. The highest BCUT2D eigenvalue weighted by atomic mass is 32.2. The average molecular weight is 439 g/mol. The van der Waals surface area contributed by atoms with E-state index in [1.54, 1.807) is 61.7 Å². The van der Waals surface area contributed by atoms with Crippen LogP contribution in [0.4, 0.5) is 11.4 Å². The Kier molecular flexibility index (Phi) is 6.65. The molecule has 0 bridgehead atoms. The maximum Gasteiger partial charge on any atom is 0.255 e. The van der Waals surface area contributed by atoms with Gasteiger partial charge in [0, 0.05) is 17.3 Å². The lowest BCUT2D eigenvalue weighted by Crippen LogP contribution is -2.29. The van der Waals surface area contributed by atoms with Crippen molar-refractivity contribution < 1.29 is 17.9 Å². The van der Waals surface area contributed by atoms with Crippen LogP contribution >= 0.6 is 0 Å². The van der Waals surface area contributed by atoms with Crippen molar-refractivity contribution in [3.05, 3.63) is 89.0 Å². The third-order valence-electron chi connectivity index (χ3n) is 5.05. The Bertz CT molecular complexity index is 1190. The smallest absolute Gasteiger partial charge is 0.255 e. The average Bonchev–Trinajstić information content (AvgIpc) is 2.74. The van der Waals surface area contributed by atoms with Crippen LogP contribution in [0, 0.1) is 13.8 Å². The summed E-state index contributed by atoms with van der Waals surface area (Å²) in [6.45, 7) is 4.12. The minimum atomic E-state index is -3.48. The molecule has 3 aromatic rings. The van der Waals surface area contributed by atoms with E-state index in [9.17, 15) is 13.2 Å². The van der Waals surface area contributed by atoms with Crippen molar-refractivity contribution in [2.24, 2.45) is 0 Å². The number of anilines is 2. The Hall–Kier alpha value is -3.32. The molecule has 0 spiro atoms. The standard InChI is InChI=1S/C24H26N2O4S/c1-17-8-13-22(14-18(17)2)26(31(4,28)29)16-19-9-11-20(12-10-19)24(27)25-21-6-5-7-23(15-21)30-3/h5-15H,16H2,1-4H3,(H,25,27). The van der Waals surface area contributed by atoms with Gasteiger partial charge in [-0.05, 0) is 66.9 Å². The number of amides is 1. The maximum atomic E-state index is 12.5. The van der Waals surface area contributed by atoms with Gasteiger partial charge in [0.15, 0.2) is 0 Å². The summed E-state index contributed by atoms with van der Waals surface area (Å²) in [7, 11) is -1.91. The third kappa shape index (κ3) is 5.64. The van der Waals surface area contributed by atoms with Crippen molar-refractivity contribution in [3.8, 4) is 5.75 Å². The second-order valence-electron chi connectivity index (χ2n) is 7.42. The van der Waals surface area contributed by atoms with E-state index >= 15 is 0 Å². The first kappa shape index (κ1) is 22.4. The fourth-order valence-corrected chi connectivity index (χ4v) is 3.99. The zero-order chi connectivity index (χ0) is 22.6. The topological polar surface area (TPSA) is 75.7 Å². The summed E-state index contributed by atoms with van der Waals surface area (Å²) in [5.74, 6) is 0.397. The molecule has 0 unspecified atom stereocenters. The molecule has 0 aliphatic rings. The molecule has 0 radical (unpaired) electrons. The van der Waals surface area contributed by atoms with Crippen LogP contribution in [0.5, 0.6) is 5.75 Å². The van der Waals surface area contributed by atoms with E-state index in [1.807, 2.05) is 26.0 Å². The van der Waals surface area contributed by atoms with Gasteiger partial charge in [-0.3, -0.25) is 9.10 Å². The number of aryl methyl sites for hydroxylation is 2. The highest BCUT2D eigenvalue weighted by molar-refractivity contribution is 7.92. The van der Waals surface area contributed by atoms with E-state index in [0.29, 0.717) is 22.7 Å². The molecule has 0 heterocycles. The number of methoxy groups -OCH3 is 1. The van der Waals surface area contributed by atoms with Gasteiger partial charge in [-0.1, -0.05) is 24.3 Å². The lowest BCUT2D eigenvalue weighted by Gasteiger charge is -2.23. The van der Waals surface area contributed by atoms with E-state index in [1.165, 1.54) is 10.6 Å². The first-order chi connectivity index (χ1) is 14.7. The minimum Gasteiger partial charge on any atom is -0.497 e. The van der Waals surface area contributed by atoms with Crippen LogP contribution in [-0.2, 0) is 16.6 Å². The molecular formula is C24H26N2O4S. The number of sulfonamides is 1. The molecule has 162 valence electrons. The number of benzene rings is 3. The van der Waals surface area contributed by atoms with Crippen molar-refractivity contribution in [2.75, 3.05) is 23.0 Å². The van der Waals surface area contributed by atoms with Gasteiger partial charge in [-0.15, -0.1) is 0 Å². The van der Waals surface area contributed by atoms with E-state index < -0.39 is 10.0 Å². The molecule has 0 atom stereocenters. The largest absolute Gasteiger partial charge is 0.497 e. The lowest BCUT2D eigenvalue weighted by molar-refractivity contribution is 0.102. The highest BCUT2D eigenvalue weighted by Gasteiger charge is 2.18. The zero-order valence-electron chi connectivity index (χ0n) is 18.0. The highest BCUT2D eigenvalue weighted by Crippen LogP contribution is 2.24. The van der Waals surface area contributed by atoms with Crippen LogP contribution in [0.3, 0.4) is 0 Å². The van der Waals surface area contributed by atoms with Crippen molar-refractivity contribution in [1.29, 1.82) is 0 Å². The number of rotatable bonds is 7. The summed E-state index contributed by atoms with van der Waals surface area (Å²) >= 11 is 0. The van der Waals surface area contributed by atoms with Gasteiger partial charge < -0.3 is 10.1 Å². The molecule has 7 heteroatoms. The quantitative estimate of drug-likeness (QED) is 0.588. The van der Waals surface area contributed by atoms with Crippen LogP contribution in [0.15, 0.2) is 66.7 Å². The number of carbonyl (C=O) groups is 1. The first-order valence-corrected chi connectivity index (χ1v) is 11.6. The summed E-state index contributed by atoms with van der Waals surface area (Å²) in [6, 6.07) is 19.6. The minimum absolute atomic E-state index is 0.180. The first-order valence-electron chi connectivity index (χ1n) is 9.76. The second kappa shape index (κ2) is 9.22. The van der Waals surface area contributed by atoms with Gasteiger partial charge in [-0.2, -0.15) is 0 Å². The van der Waals surface area contributed by atoms with Crippen LogP contribution in [0.25, 0.3) is 0 Å². The van der Waals surface area contributed by atoms with E-state index in [2.05, 4.69) is 5.32 Å². The SMILES string of the molecule is COc1cccc(NC(=O)c2ccc(CN(c3ccc(C)c(C)c3)S(C)(=O)=O)cc2)c1. The molecule has 3 aromatic carbocycles. The Morgan fingerprint density at radius 3 is 2.29 bits per heavy atom. The van der Waals surface area contributed by atoms with E-state index in [0.717, 1.165) is 16.7 Å². The summed E-state index contributed by atoms with van der Waals surface area (Å²) in [4.78, 5) is 12.5. The predicted octanol–water partition coefficient (Wildman–Crippen LogP) is 4.53. The van der Waals surface area contributed by atoms with Gasteiger partial charge in [0.2, 0.25) is 10.0 Å². The van der Waals surface area contributed by atoms with Gasteiger partial charge in [-0.25, -0.2) is 8.42 Å². The Morgan fingerprint density at radius 2 is 1.68 bits per heavy atom. The number of hydrogen-bond acceptors (Lipinski definition) is 4. The molecule has 31 heavy (non-hydrogen) atoms. The van der Waals surface area contributed by atoms with Gasteiger partial charge in [0.05, 0.1) is 25.6 Å². The van der Waals surface area contributed by atoms with Crippen molar-refractivity contribution in [1.82, 2.24) is 0 Å². The van der Waals surface area contributed by atoms with Crippen molar-refractivity contribution in [2.45, 2.75) is 20.4 Å². The lowest BCUT2D eigenvalue weighted by atomic mass is 10.1. The number of hydrogen-bond donors (Lipinski definition) is 1. The van der Waals surface area contributed by atoms with Crippen LogP contribution in [0.2, 0.25) is 0 Å². The van der Waals surface area contributed by atoms with Gasteiger partial charge >= 0.3 is 0 Å². The molecule has 0 aliphatic carbocycles. The molecule has 0 saturated heterocycles. The van der Waals surface area contributed by atoms with E-state index in [4.69, 9.17) is 4.74 Å². The second-order valence-corrected chi connectivity index (χ2v) is 9.33. The third-order valence-corrected chi connectivity index (χ3v) is 6.19. The molecular weight excluding hydrogens is 412 g/mol. The Labute approximate surface area is 183 Å². The summed E-state index contributed by atoms with van der Waals surface area (Å²) in [6.07, 6.45) is 1.19. The van der Waals surface area contributed by atoms with Crippen LogP contribution in [0.1, 0.15) is 27.0 Å². The predicted molar refractivity (Wildman–Crippen MR) is 124 cm³/mol. The molecule has 0 aliphatic heterocycles. The summed E-state index contributed by atoms with van der Waals surface area (Å²) in [5, 5.41) is 2.83. The molecule has 0 saturated carbocycles. The van der Waals surface area contributed by atoms with E-state index in [-0.39, 0.29) is 12.5 Å². The number of ether oxygens (including phenoxy) is 1. The zero-order valence-corrected chi connectivity index (χ0v) is 18.9. The molecule has 0 aromatic heterocycles. The normalized spacial score (nSPS) is 11.1. The fourth-order valence-electron chi connectivity index (χ4n) is 3.11. The molecule has 3 rings (SSSR count). The van der Waals surface area contributed by atoms with Gasteiger partial charge in [0.25, 0.3) is 5.91 Å². The Balaban J connectivity index is 1.77. The summed E-state index contributed by atoms with van der Waals surface area (Å²) in [5.41, 5.74) is 4.63. The molecule has 6 nitrogen and oxygen atoms in total. The van der Waals surface area contributed by atoms with Crippen molar-refractivity contribution >= 4 is 27.3 Å². The number of nitrogens with zero attached hydrogens (tertiary/aromatic N) is 1. The summed E-state index contributed by atoms with van der Waals surface area (Å²) < 4.78 is 31.4.